The molecular formula is C20H11BrN6O2S2. The minimum atomic E-state index is -0.334. The summed E-state index contributed by atoms with van der Waals surface area (Å²) in [5.74, 6) is 0.128. The topological polar surface area (TPSA) is 106 Å². The van der Waals surface area contributed by atoms with Gasteiger partial charge in [0.05, 0.1) is 17.3 Å². The molecule has 1 amide bonds. The number of thiocarbonyl (C=S) groups is 1. The van der Waals surface area contributed by atoms with Crippen LogP contribution in [0, 0.1) is 0 Å². The largest absolute Gasteiger partial charge is 0.436 e. The molecule has 3 aromatic heterocycles. The van der Waals surface area contributed by atoms with E-state index < -0.39 is 0 Å². The number of carbonyl (C=O) groups excluding carboxylic acids is 1. The van der Waals surface area contributed by atoms with Gasteiger partial charge in [0.1, 0.15) is 16.6 Å². The SMILES string of the molecule is O=C(NC(=S)Nc1ccc2oc(-c3cncc(Br)c3)nc2c1)c1ccc2nsnc2c1. The number of aromatic nitrogens is 4. The van der Waals surface area contributed by atoms with Gasteiger partial charge in [-0.25, -0.2) is 4.98 Å². The number of nitrogens with one attached hydrogen (secondary N) is 2. The number of carbonyl (C=O) groups is 1. The Bertz CT molecular complexity index is 1460. The molecule has 5 rings (SSSR count). The summed E-state index contributed by atoms with van der Waals surface area (Å²) in [7, 11) is 0. The predicted molar refractivity (Wildman–Crippen MR) is 126 cm³/mol. The van der Waals surface area contributed by atoms with Gasteiger partial charge in [0, 0.05) is 28.1 Å². The molecule has 11 heteroatoms. The summed E-state index contributed by atoms with van der Waals surface area (Å²) in [6.07, 6.45) is 3.37. The molecule has 31 heavy (non-hydrogen) atoms. The van der Waals surface area contributed by atoms with Crippen LogP contribution in [0.5, 0.6) is 0 Å². The summed E-state index contributed by atoms with van der Waals surface area (Å²) < 4.78 is 14.9. The molecule has 152 valence electrons. The van der Waals surface area contributed by atoms with Crippen LogP contribution in [0.3, 0.4) is 0 Å². The lowest BCUT2D eigenvalue weighted by Crippen LogP contribution is -2.34. The van der Waals surface area contributed by atoms with E-state index in [0.29, 0.717) is 33.8 Å². The van der Waals surface area contributed by atoms with Crippen molar-refractivity contribution in [3.8, 4) is 11.5 Å². The number of nitrogens with zero attached hydrogens (tertiary/aromatic N) is 4. The summed E-state index contributed by atoms with van der Waals surface area (Å²) >= 11 is 9.78. The lowest BCUT2D eigenvalue weighted by atomic mass is 10.2. The first kappa shape index (κ1) is 19.7. The highest BCUT2D eigenvalue weighted by molar-refractivity contribution is 9.10. The van der Waals surface area contributed by atoms with Crippen molar-refractivity contribution in [2.24, 2.45) is 0 Å². The van der Waals surface area contributed by atoms with Crippen LogP contribution in [0.25, 0.3) is 33.6 Å². The quantitative estimate of drug-likeness (QED) is 0.334. The van der Waals surface area contributed by atoms with Crippen LogP contribution in [0.2, 0.25) is 0 Å². The molecule has 0 aliphatic heterocycles. The van der Waals surface area contributed by atoms with Crippen LogP contribution in [0.15, 0.2) is 63.7 Å². The van der Waals surface area contributed by atoms with Gasteiger partial charge < -0.3 is 9.73 Å². The maximum absolute atomic E-state index is 12.5. The monoisotopic (exact) mass is 510 g/mol. The zero-order chi connectivity index (χ0) is 21.4. The summed E-state index contributed by atoms with van der Waals surface area (Å²) in [4.78, 5) is 21.1. The van der Waals surface area contributed by atoms with Crippen molar-refractivity contribution in [2.45, 2.75) is 0 Å². The second-order valence-corrected chi connectivity index (χ2v) is 8.32. The Morgan fingerprint density at radius 3 is 2.77 bits per heavy atom. The number of pyridine rings is 1. The number of benzene rings is 2. The van der Waals surface area contributed by atoms with Crippen LogP contribution in [-0.2, 0) is 0 Å². The van der Waals surface area contributed by atoms with Crippen molar-refractivity contribution in [2.75, 3.05) is 5.32 Å². The van der Waals surface area contributed by atoms with Gasteiger partial charge >= 0.3 is 0 Å². The van der Waals surface area contributed by atoms with Gasteiger partial charge in [-0.3, -0.25) is 15.1 Å². The average Bonchev–Trinajstić information content (AvgIpc) is 3.39. The van der Waals surface area contributed by atoms with E-state index in [1.54, 1.807) is 48.8 Å². The highest BCUT2D eigenvalue weighted by Crippen LogP contribution is 2.27. The Morgan fingerprint density at radius 2 is 1.90 bits per heavy atom. The van der Waals surface area contributed by atoms with Crippen LogP contribution in [0.4, 0.5) is 5.69 Å². The first-order valence-corrected chi connectivity index (χ1v) is 10.8. The Kier molecular flexibility index (Phi) is 5.14. The van der Waals surface area contributed by atoms with E-state index >= 15 is 0 Å². The molecule has 0 aliphatic carbocycles. The number of hydrogen-bond donors (Lipinski definition) is 2. The van der Waals surface area contributed by atoms with Crippen molar-refractivity contribution in [1.82, 2.24) is 24.0 Å². The van der Waals surface area contributed by atoms with E-state index in [1.807, 2.05) is 6.07 Å². The number of halogens is 1. The summed E-state index contributed by atoms with van der Waals surface area (Å²) in [6, 6.07) is 12.4. The van der Waals surface area contributed by atoms with E-state index in [1.165, 1.54) is 0 Å². The summed E-state index contributed by atoms with van der Waals surface area (Å²) in [5, 5.41) is 5.83. The fraction of sp³-hybridized carbons (Fsp3) is 0. The number of hydrogen-bond acceptors (Lipinski definition) is 8. The Morgan fingerprint density at radius 1 is 1.03 bits per heavy atom. The second kappa shape index (κ2) is 8.10. The normalized spacial score (nSPS) is 11.0. The Hall–Kier alpha value is -3.28. The lowest BCUT2D eigenvalue weighted by molar-refractivity contribution is 0.0978. The van der Waals surface area contributed by atoms with Gasteiger partial charge in [0.25, 0.3) is 5.91 Å². The highest BCUT2D eigenvalue weighted by Gasteiger charge is 2.12. The molecule has 8 nitrogen and oxygen atoms in total. The average molecular weight is 511 g/mol. The van der Waals surface area contributed by atoms with E-state index in [9.17, 15) is 4.79 Å². The smallest absolute Gasteiger partial charge is 0.257 e. The molecule has 0 bridgehead atoms. The molecule has 3 heterocycles. The van der Waals surface area contributed by atoms with Gasteiger partial charge in [0.15, 0.2) is 10.7 Å². The van der Waals surface area contributed by atoms with Gasteiger partial charge in [-0.2, -0.15) is 8.75 Å². The molecule has 0 radical (unpaired) electrons. The van der Waals surface area contributed by atoms with Gasteiger partial charge in [-0.1, -0.05) is 0 Å². The number of anilines is 1. The minimum absolute atomic E-state index is 0.167. The van der Waals surface area contributed by atoms with E-state index in [0.717, 1.165) is 27.3 Å². The highest BCUT2D eigenvalue weighted by atomic mass is 79.9. The second-order valence-electron chi connectivity index (χ2n) is 6.47. The predicted octanol–water partition coefficient (Wildman–Crippen LogP) is 4.78. The van der Waals surface area contributed by atoms with Crippen molar-refractivity contribution in [3.63, 3.8) is 0 Å². The summed E-state index contributed by atoms with van der Waals surface area (Å²) in [5.41, 5.74) is 4.57. The molecule has 0 saturated heterocycles. The number of fused-ring (bicyclic) bond motifs is 2. The zero-order valence-electron chi connectivity index (χ0n) is 15.5. The molecule has 5 aromatic rings. The standard InChI is InChI=1S/C20H11BrN6O2S2/c21-12-5-11(8-22-9-12)19-24-16-7-13(2-4-17(16)29-19)23-20(30)25-18(28)10-1-3-14-15(6-10)27-31-26-14/h1-9H,(H2,23,25,28,30). The maximum Gasteiger partial charge on any atom is 0.257 e. The first-order valence-electron chi connectivity index (χ1n) is 8.91. The molecular weight excluding hydrogens is 500 g/mol. The minimum Gasteiger partial charge on any atom is -0.436 e. The third-order valence-electron chi connectivity index (χ3n) is 4.34. The number of oxazole rings is 1. The summed E-state index contributed by atoms with van der Waals surface area (Å²) in [6.45, 7) is 0. The molecule has 0 spiro atoms. The third-order valence-corrected chi connectivity index (χ3v) is 5.53. The molecule has 0 unspecified atom stereocenters. The van der Waals surface area contributed by atoms with E-state index in [2.05, 4.69) is 45.3 Å². The van der Waals surface area contributed by atoms with Crippen LogP contribution in [0.1, 0.15) is 10.4 Å². The van der Waals surface area contributed by atoms with Crippen molar-refractivity contribution < 1.29 is 9.21 Å². The fourth-order valence-electron chi connectivity index (χ4n) is 2.92. The van der Waals surface area contributed by atoms with Crippen molar-refractivity contribution in [1.29, 1.82) is 0 Å². The van der Waals surface area contributed by atoms with Crippen LogP contribution < -0.4 is 10.6 Å². The number of amides is 1. The molecule has 0 fully saturated rings. The molecule has 0 aliphatic rings. The van der Waals surface area contributed by atoms with Gasteiger partial charge in [-0.15, -0.1) is 0 Å². The third kappa shape index (κ3) is 4.15. The first-order chi connectivity index (χ1) is 15.0. The zero-order valence-corrected chi connectivity index (χ0v) is 18.7. The molecule has 0 saturated carbocycles. The van der Waals surface area contributed by atoms with E-state index in [4.69, 9.17) is 16.6 Å². The fourth-order valence-corrected chi connectivity index (χ4v) is 4.01. The van der Waals surface area contributed by atoms with Gasteiger partial charge in [-0.05, 0) is 70.6 Å². The maximum atomic E-state index is 12.5. The van der Waals surface area contributed by atoms with Gasteiger partial charge in [0.2, 0.25) is 5.89 Å². The Labute approximate surface area is 193 Å². The Balaban J connectivity index is 1.31. The molecule has 2 aromatic carbocycles. The van der Waals surface area contributed by atoms with Crippen LogP contribution >= 0.6 is 39.9 Å². The van der Waals surface area contributed by atoms with Crippen molar-refractivity contribution in [3.05, 3.63) is 64.9 Å². The van der Waals surface area contributed by atoms with Crippen molar-refractivity contribution >= 4 is 78.7 Å². The number of rotatable bonds is 3. The molecule has 2 N–H and O–H groups in total. The molecule has 0 atom stereocenters. The van der Waals surface area contributed by atoms with Crippen LogP contribution in [-0.4, -0.2) is 29.7 Å². The van der Waals surface area contributed by atoms with E-state index in [-0.39, 0.29) is 11.0 Å². The lowest BCUT2D eigenvalue weighted by Gasteiger charge is -2.09.